The van der Waals surface area contributed by atoms with Crippen molar-refractivity contribution in [1.29, 1.82) is 0 Å². The molecule has 0 bridgehead atoms. The Kier molecular flexibility index (Phi) is 5.03. The lowest BCUT2D eigenvalue weighted by Crippen LogP contribution is -2.15. The first-order chi connectivity index (χ1) is 12.2. The van der Waals surface area contributed by atoms with E-state index in [-0.39, 0.29) is 10.6 Å². The lowest BCUT2D eigenvalue weighted by molar-refractivity contribution is 0.234. The van der Waals surface area contributed by atoms with Crippen molar-refractivity contribution in [2.75, 3.05) is 4.72 Å². The summed E-state index contributed by atoms with van der Waals surface area (Å²) in [6, 6.07) is 9.17. The minimum absolute atomic E-state index is 0.0935. The number of fused-ring (bicyclic) bond motifs is 1. The second-order valence-corrected chi connectivity index (χ2v) is 9.67. The minimum atomic E-state index is -4.71. The molecule has 1 aliphatic carbocycles. The van der Waals surface area contributed by atoms with Gasteiger partial charge in [0.15, 0.2) is 0 Å². The topological polar surface area (TPSA) is 80.3 Å². The molecule has 3 rings (SSSR count). The molecule has 0 heterocycles. The summed E-state index contributed by atoms with van der Waals surface area (Å²) in [6.07, 6.45) is 3.87. The van der Waals surface area contributed by atoms with E-state index < -0.39 is 30.5 Å². The summed E-state index contributed by atoms with van der Waals surface area (Å²) in [6.45, 7) is 0. The Morgan fingerprint density at radius 2 is 1.38 bits per heavy atom. The van der Waals surface area contributed by atoms with Crippen molar-refractivity contribution in [2.45, 2.75) is 41.2 Å². The number of hydrogen-bond donors (Lipinski definition) is 1. The van der Waals surface area contributed by atoms with Gasteiger partial charge in [0.2, 0.25) is 9.84 Å². The average Bonchev–Trinajstić information content (AvgIpc) is 2.61. The fraction of sp³-hybridized carbons (Fsp3) is 0.294. The molecule has 0 atom stereocenters. The van der Waals surface area contributed by atoms with Crippen LogP contribution in [0.25, 0.3) is 0 Å². The van der Waals surface area contributed by atoms with Crippen molar-refractivity contribution in [2.24, 2.45) is 0 Å². The molecule has 0 fully saturated rings. The van der Waals surface area contributed by atoms with E-state index in [1.54, 1.807) is 12.1 Å². The summed E-state index contributed by atoms with van der Waals surface area (Å²) in [7, 11) is -8.57. The molecule has 140 valence electrons. The van der Waals surface area contributed by atoms with E-state index in [1.165, 1.54) is 6.07 Å². The summed E-state index contributed by atoms with van der Waals surface area (Å²) < 4.78 is 75.3. The highest BCUT2D eigenvalue weighted by Gasteiger charge is 2.26. The monoisotopic (exact) mass is 401 g/mol. The Labute approximate surface area is 151 Å². The first kappa shape index (κ1) is 18.8. The van der Waals surface area contributed by atoms with E-state index in [0.717, 1.165) is 61.1 Å². The van der Waals surface area contributed by atoms with Crippen LogP contribution in [0.15, 0.2) is 52.3 Å². The number of sulfone groups is 1. The normalized spacial score (nSPS) is 14.9. The molecule has 5 nitrogen and oxygen atoms in total. The van der Waals surface area contributed by atoms with Crippen molar-refractivity contribution < 1.29 is 25.6 Å². The summed E-state index contributed by atoms with van der Waals surface area (Å²) in [4.78, 5) is -0.452. The van der Waals surface area contributed by atoms with Gasteiger partial charge in [-0.1, -0.05) is 6.07 Å². The molecule has 0 radical (unpaired) electrons. The van der Waals surface area contributed by atoms with Crippen LogP contribution in [-0.4, -0.2) is 22.6 Å². The Morgan fingerprint density at radius 3 is 2.00 bits per heavy atom. The van der Waals surface area contributed by atoms with Gasteiger partial charge in [0.1, 0.15) is 0 Å². The van der Waals surface area contributed by atoms with Crippen LogP contribution in [0.2, 0.25) is 0 Å². The van der Waals surface area contributed by atoms with Crippen LogP contribution in [0.4, 0.5) is 14.5 Å². The van der Waals surface area contributed by atoms with E-state index in [0.29, 0.717) is 0 Å². The zero-order valence-corrected chi connectivity index (χ0v) is 15.3. The van der Waals surface area contributed by atoms with Gasteiger partial charge in [0.25, 0.3) is 10.0 Å². The molecule has 1 aliphatic rings. The quantitative estimate of drug-likeness (QED) is 0.833. The number of benzene rings is 2. The highest BCUT2D eigenvalue weighted by Crippen LogP contribution is 2.26. The van der Waals surface area contributed by atoms with Crippen LogP contribution < -0.4 is 4.72 Å². The first-order valence-electron chi connectivity index (χ1n) is 7.97. The van der Waals surface area contributed by atoms with Crippen molar-refractivity contribution in [1.82, 2.24) is 0 Å². The maximum atomic E-state index is 12.5. The number of nitrogens with one attached hydrogen (secondary N) is 1. The van der Waals surface area contributed by atoms with Gasteiger partial charge >= 0.3 is 5.76 Å². The zero-order chi connectivity index (χ0) is 18.9. The van der Waals surface area contributed by atoms with Crippen LogP contribution in [0, 0.1) is 0 Å². The van der Waals surface area contributed by atoms with Crippen LogP contribution in [0.1, 0.15) is 24.0 Å². The molecule has 0 spiro atoms. The fourth-order valence-electron chi connectivity index (χ4n) is 2.91. The molecule has 0 saturated carbocycles. The Balaban J connectivity index is 1.84. The van der Waals surface area contributed by atoms with E-state index in [4.69, 9.17) is 0 Å². The number of halogens is 2. The summed E-state index contributed by atoms with van der Waals surface area (Å²) in [5, 5.41) is 0. The van der Waals surface area contributed by atoms with E-state index in [9.17, 15) is 25.6 Å². The average molecular weight is 401 g/mol. The Morgan fingerprint density at radius 1 is 0.808 bits per heavy atom. The molecule has 9 heteroatoms. The standard InChI is InChI=1S/C17H17F2NO4S2/c18-17(19)25(21,22)15-9-6-14(7-10-15)20-26(23,24)16-8-5-12-3-1-2-4-13(12)11-16/h5-11,17,20H,1-4H2. The highest BCUT2D eigenvalue weighted by molar-refractivity contribution is 7.92. The molecule has 0 unspecified atom stereocenters. The second-order valence-electron chi connectivity index (χ2n) is 6.07. The van der Waals surface area contributed by atoms with Crippen LogP contribution >= 0.6 is 0 Å². The SMILES string of the molecule is O=S(=O)(Nc1ccc(S(=O)(=O)C(F)F)cc1)c1ccc2c(c1)CCCC2. The number of alkyl halides is 2. The van der Waals surface area contributed by atoms with Crippen molar-refractivity contribution in [3.63, 3.8) is 0 Å². The highest BCUT2D eigenvalue weighted by atomic mass is 32.2. The third kappa shape index (κ3) is 3.73. The molecular weight excluding hydrogens is 384 g/mol. The Bertz CT molecular complexity index is 1020. The van der Waals surface area contributed by atoms with Crippen molar-refractivity contribution >= 4 is 25.5 Å². The molecule has 0 aliphatic heterocycles. The minimum Gasteiger partial charge on any atom is -0.280 e. The summed E-state index contributed by atoms with van der Waals surface area (Å²) in [5.41, 5.74) is 2.25. The molecule has 2 aromatic rings. The number of hydrogen-bond acceptors (Lipinski definition) is 4. The lowest BCUT2D eigenvalue weighted by Gasteiger charge is -2.17. The van der Waals surface area contributed by atoms with Crippen molar-refractivity contribution in [3.05, 3.63) is 53.6 Å². The van der Waals surface area contributed by atoms with Gasteiger partial charge < -0.3 is 0 Å². The zero-order valence-electron chi connectivity index (χ0n) is 13.7. The van der Waals surface area contributed by atoms with Gasteiger partial charge in [-0.15, -0.1) is 0 Å². The maximum absolute atomic E-state index is 12.5. The van der Waals surface area contributed by atoms with Crippen LogP contribution in [-0.2, 0) is 32.7 Å². The third-order valence-electron chi connectivity index (χ3n) is 4.30. The fourth-order valence-corrected chi connectivity index (χ4v) is 4.74. The number of rotatable bonds is 5. The number of sulfonamides is 1. The molecule has 0 aromatic heterocycles. The van der Waals surface area contributed by atoms with Gasteiger partial charge in [-0.3, -0.25) is 4.72 Å². The summed E-state index contributed by atoms with van der Waals surface area (Å²) >= 11 is 0. The number of aryl methyl sites for hydroxylation is 2. The summed E-state index contributed by atoms with van der Waals surface area (Å²) in [5.74, 6) is -3.53. The van der Waals surface area contributed by atoms with Gasteiger partial charge in [-0.05, 0) is 73.2 Å². The molecule has 1 N–H and O–H groups in total. The smallest absolute Gasteiger partial charge is 0.280 e. The second kappa shape index (κ2) is 6.96. The predicted molar refractivity (Wildman–Crippen MR) is 93.5 cm³/mol. The van der Waals surface area contributed by atoms with Crippen LogP contribution in [0.5, 0.6) is 0 Å². The Hall–Kier alpha value is -2.00. The maximum Gasteiger partial charge on any atom is 0.341 e. The largest absolute Gasteiger partial charge is 0.341 e. The molecule has 26 heavy (non-hydrogen) atoms. The van der Waals surface area contributed by atoms with Gasteiger partial charge in [0, 0.05) is 5.69 Å². The molecule has 2 aromatic carbocycles. The van der Waals surface area contributed by atoms with Crippen LogP contribution in [0.3, 0.4) is 0 Å². The van der Waals surface area contributed by atoms with E-state index >= 15 is 0 Å². The molecule has 0 amide bonds. The third-order valence-corrected chi connectivity index (χ3v) is 7.08. The molecular formula is C17H17F2NO4S2. The first-order valence-corrected chi connectivity index (χ1v) is 11.0. The molecule has 0 saturated heterocycles. The van der Waals surface area contributed by atoms with E-state index in [2.05, 4.69) is 4.72 Å². The van der Waals surface area contributed by atoms with Gasteiger partial charge in [-0.2, -0.15) is 8.78 Å². The lowest BCUT2D eigenvalue weighted by atomic mass is 9.92. The predicted octanol–water partition coefficient (Wildman–Crippen LogP) is 3.36. The van der Waals surface area contributed by atoms with Gasteiger partial charge in [0.05, 0.1) is 9.79 Å². The van der Waals surface area contributed by atoms with Gasteiger partial charge in [-0.25, -0.2) is 16.8 Å². The van der Waals surface area contributed by atoms with E-state index in [1.807, 2.05) is 0 Å². The van der Waals surface area contributed by atoms with Crippen molar-refractivity contribution in [3.8, 4) is 0 Å². The number of anilines is 1.